The minimum Gasteiger partial charge on any atom is -0.255 e. The highest BCUT2D eigenvalue weighted by Crippen LogP contribution is 2.42. The Morgan fingerprint density at radius 1 is 0.286 bits per heavy atom. The highest BCUT2D eigenvalue weighted by Gasteiger charge is 2.31. The molecule has 10 aromatic carbocycles. The highest BCUT2D eigenvalue weighted by atomic mass is 15.1. The van der Waals surface area contributed by atoms with E-state index in [2.05, 4.69) is 389 Å². The van der Waals surface area contributed by atoms with Crippen molar-refractivity contribution in [1.29, 1.82) is 0 Å². The van der Waals surface area contributed by atoms with Crippen molar-refractivity contribution in [2.24, 2.45) is 28.2 Å². The smallest absolute Gasteiger partial charge is 0.255 e. The van der Waals surface area contributed by atoms with Crippen molar-refractivity contribution >= 4 is 154 Å². The van der Waals surface area contributed by atoms with Crippen molar-refractivity contribution in [3.63, 3.8) is 0 Å². The molecule has 0 unspecified atom stereocenters. The molecule has 0 aliphatic carbocycles. The van der Waals surface area contributed by atoms with Crippen LogP contribution in [0.2, 0.25) is 0 Å². The van der Waals surface area contributed by atoms with E-state index >= 15 is 0 Å². The molecule has 0 aliphatic heterocycles. The Labute approximate surface area is 649 Å². The monoisotopic (exact) mass is 1460 g/mol. The minimum atomic E-state index is 0.406. The zero-order chi connectivity index (χ0) is 77.0. The van der Waals surface area contributed by atoms with E-state index < -0.39 is 0 Å². The lowest BCUT2D eigenvalue weighted by Gasteiger charge is -2.15. The third kappa shape index (κ3) is 10.4. The topological polar surface area (TPSA) is 84.7 Å². The van der Waals surface area contributed by atoms with E-state index in [1.54, 1.807) is 0 Å². The highest BCUT2D eigenvalue weighted by molar-refractivity contribution is 6.17. The van der Waals surface area contributed by atoms with Crippen LogP contribution >= 0.6 is 0 Å². The van der Waals surface area contributed by atoms with Gasteiger partial charge in [0.25, 0.3) is 22.6 Å². The van der Waals surface area contributed by atoms with Gasteiger partial charge in [-0.05, 0) is 227 Å². The van der Waals surface area contributed by atoms with E-state index in [1.807, 2.05) is 6.20 Å². The standard InChI is InChI=1S/C33H26N3.C24H24N3.C22H20N3.C21H18N3/c1-21-12-11-16-24(23-13-5-4-6-14-23)30(21)26-20-22(2)31-32(34-26)25-15-7-8-17-27(25)36-29-19-10-9-18-28(29)35(3)33(31)36;1-14(2)17-13-16(4)22-23(25-17)21-15(3)9-8-12-20(21)27-19-11-7-6-10-18(19)26(5)24(22)27;1-13-8-7-11-18-19(13)21-20(14(2)12-15(3)23-21)22-24(4)16-9-5-6-10-17(16)25(18)22;1-13-7-6-10-17-18(13)20-19(14(2)11-12-22-20)21-23(3)15-8-4-5-9-16(15)24(17)21/h4-20H,1-3H3;6-14H,1-5H3;5-12H,1-4H3;4-12H,1-3H3/q4*+1. The van der Waals surface area contributed by atoms with Crippen LogP contribution < -0.4 is 18.3 Å². The Morgan fingerprint density at radius 2 is 0.652 bits per heavy atom. The predicted molar refractivity (Wildman–Crippen MR) is 463 cm³/mol. The third-order valence-electron chi connectivity index (χ3n) is 23.7. The summed E-state index contributed by atoms with van der Waals surface area (Å²) >= 11 is 0. The average Bonchev–Trinajstić information content (AvgIpc) is 1.70. The molecule has 12 heteroatoms. The van der Waals surface area contributed by atoms with Gasteiger partial charge in [0.1, 0.15) is 22.1 Å². The van der Waals surface area contributed by atoms with Crippen molar-refractivity contribution in [2.75, 3.05) is 0 Å². The lowest BCUT2D eigenvalue weighted by Crippen LogP contribution is -2.27. The first-order valence-electron chi connectivity index (χ1n) is 38.9. The Bertz CT molecular complexity index is 7760. The molecule has 0 aliphatic rings. The number of hydrogen-bond acceptors (Lipinski definition) is 4. The molecule has 0 saturated carbocycles. The summed E-state index contributed by atoms with van der Waals surface area (Å²) in [4.78, 5) is 20.3. The van der Waals surface area contributed by atoms with Crippen LogP contribution in [0, 0.1) is 62.3 Å². The number of para-hydroxylation sites is 9. The van der Waals surface area contributed by atoms with Gasteiger partial charge in [-0.1, -0.05) is 159 Å². The van der Waals surface area contributed by atoms with Crippen LogP contribution in [-0.4, -0.2) is 37.5 Å². The molecule has 0 atom stereocenters. The maximum absolute atomic E-state index is 5.42. The van der Waals surface area contributed by atoms with Gasteiger partial charge in [0.05, 0.1) is 93.7 Å². The quantitative estimate of drug-likeness (QED) is 0.130. The number of aromatic nitrogens is 12. The second-order valence-electron chi connectivity index (χ2n) is 31.1. The second-order valence-corrected chi connectivity index (χ2v) is 31.1. The molecule has 0 N–H and O–H groups in total. The maximum Gasteiger partial charge on any atom is 0.297 e. The number of rotatable bonds is 3. The van der Waals surface area contributed by atoms with Gasteiger partial charge >= 0.3 is 0 Å². The predicted octanol–water partition coefficient (Wildman–Crippen LogP) is 21.7. The van der Waals surface area contributed by atoms with Crippen LogP contribution in [-0.2, 0) is 28.2 Å². The number of nitrogens with zero attached hydrogens (tertiary/aromatic N) is 12. The van der Waals surface area contributed by atoms with Gasteiger partial charge in [-0.25, -0.2) is 23.3 Å². The molecule has 22 aromatic rings. The van der Waals surface area contributed by atoms with Gasteiger partial charge < -0.3 is 0 Å². The van der Waals surface area contributed by atoms with Gasteiger partial charge in [-0.2, -0.15) is 17.6 Å². The molecule has 112 heavy (non-hydrogen) atoms. The Kier molecular flexibility index (Phi) is 16.4. The van der Waals surface area contributed by atoms with Crippen LogP contribution in [0.25, 0.3) is 176 Å². The Hall–Kier alpha value is -13.3. The first-order chi connectivity index (χ1) is 54.4. The summed E-state index contributed by atoms with van der Waals surface area (Å²) in [6.45, 7) is 24.0. The second kappa shape index (κ2) is 26.5. The zero-order valence-electron chi connectivity index (χ0n) is 66.2. The zero-order valence-corrected chi connectivity index (χ0v) is 66.2. The Morgan fingerprint density at radius 3 is 1.14 bits per heavy atom. The number of benzene rings is 10. The van der Waals surface area contributed by atoms with E-state index in [0.29, 0.717) is 5.92 Å². The van der Waals surface area contributed by atoms with Gasteiger partial charge in [-0.3, -0.25) is 15.0 Å². The summed E-state index contributed by atoms with van der Waals surface area (Å²) in [6, 6.07) is 88.7. The molecular weight excluding hydrogens is 1370 g/mol. The average molecular weight is 1460 g/mol. The molecule has 0 fully saturated rings. The Balaban J connectivity index is 0.000000102. The van der Waals surface area contributed by atoms with Crippen molar-refractivity contribution in [3.05, 3.63) is 311 Å². The van der Waals surface area contributed by atoms with Gasteiger partial charge in [0, 0.05) is 28.5 Å². The molecule has 0 radical (unpaired) electrons. The third-order valence-corrected chi connectivity index (χ3v) is 23.7. The number of imidazole rings is 4. The fourth-order valence-electron chi connectivity index (χ4n) is 18.6. The van der Waals surface area contributed by atoms with Gasteiger partial charge in [0.15, 0.2) is 44.1 Å². The van der Waals surface area contributed by atoms with Gasteiger partial charge in [0.2, 0.25) is 0 Å². The minimum absolute atomic E-state index is 0.406. The summed E-state index contributed by atoms with van der Waals surface area (Å²) < 4.78 is 18.8. The molecule has 544 valence electrons. The van der Waals surface area contributed by atoms with Crippen LogP contribution in [0.1, 0.15) is 75.7 Å². The number of hydrogen-bond donors (Lipinski definition) is 0. The molecule has 12 heterocycles. The molecule has 0 amide bonds. The van der Waals surface area contributed by atoms with Crippen molar-refractivity contribution in [2.45, 2.75) is 82.1 Å². The molecule has 0 saturated heterocycles. The lowest BCUT2D eigenvalue weighted by atomic mass is 9.92. The number of pyridine rings is 8. The van der Waals surface area contributed by atoms with E-state index in [9.17, 15) is 0 Å². The molecule has 12 aromatic heterocycles. The largest absolute Gasteiger partial charge is 0.297 e. The van der Waals surface area contributed by atoms with E-state index in [0.717, 1.165) is 39.1 Å². The number of aryl methyl sites for hydroxylation is 13. The summed E-state index contributed by atoms with van der Waals surface area (Å²) in [6.07, 6.45) is 1.92. The first-order valence-corrected chi connectivity index (χ1v) is 38.9. The summed E-state index contributed by atoms with van der Waals surface area (Å²) in [5.74, 6) is 0.406. The van der Waals surface area contributed by atoms with Crippen LogP contribution in [0.3, 0.4) is 0 Å². The molecular formula is C100H88N12+4. The molecule has 0 spiro atoms. The molecule has 0 bridgehead atoms. The van der Waals surface area contributed by atoms with Crippen molar-refractivity contribution < 1.29 is 18.3 Å². The van der Waals surface area contributed by atoms with E-state index in [1.165, 1.54) is 193 Å². The molecule has 12 nitrogen and oxygen atoms in total. The SMILES string of the molecule is Cc1cc(C)c2c(n1)c1c(C)cccc1n1c3ccccc3[n+](C)c21.Cc1cccc(-c2ccccc2)c1-c1cc(C)c2c(n1)c1ccccc1n1c3ccccc3[n+](C)c21.Cc1cccc2c1c1nc(C(C)C)cc(C)c1c1n2c2ccccc2[n+]1C.Cc1cccc2c1c1nccc(C)c1c1n2c2ccccc2[n+]1C. The fraction of sp³-hybridized carbons (Fsp3) is 0.160. The van der Waals surface area contributed by atoms with Gasteiger partial charge in [-0.15, -0.1) is 0 Å². The molecule has 22 rings (SSSR count). The summed E-state index contributed by atoms with van der Waals surface area (Å²) in [7, 11) is 8.62. The first kappa shape index (κ1) is 69.2. The summed E-state index contributed by atoms with van der Waals surface area (Å²) in [5, 5.41) is 9.84. The van der Waals surface area contributed by atoms with Crippen molar-refractivity contribution in [3.8, 4) is 22.4 Å². The van der Waals surface area contributed by atoms with Crippen LogP contribution in [0.15, 0.2) is 255 Å². The van der Waals surface area contributed by atoms with Crippen LogP contribution in [0.4, 0.5) is 0 Å². The summed E-state index contributed by atoms with van der Waals surface area (Å²) in [5.41, 5.74) is 40.8. The maximum atomic E-state index is 5.42. The fourth-order valence-corrected chi connectivity index (χ4v) is 18.6. The normalized spacial score (nSPS) is 12.0. The lowest BCUT2D eigenvalue weighted by molar-refractivity contribution is -0.617. The van der Waals surface area contributed by atoms with E-state index in [4.69, 9.17) is 19.9 Å². The number of fused-ring (bicyclic) bond motifs is 32. The van der Waals surface area contributed by atoms with E-state index in [-0.39, 0.29) is 0 Å². The van der Waals surface area contributed by atoms with Crippen LogP contribution in [0.5, 0.6) is 0 Å². The van der Waals surface area contributed by atoms with Crippen molar-refractivity contribution in [1.82, 2.24) is 37.5 Å².